The lowest BCUT2D eigenvalue weighted by atomic mass is 10.0. The van der Waals surface area contributed by atoms with Crippen molar-refractivity contribution in [3.8, 4) is 0 Å². The van der Waals surface area contributed by atoms with Crippen LogP contribution in [0.2, 0.25) is 0 Å². The molecule has 3 N–H and O–H groups in total. The first-order valence-corrected chi connectivity index (χ1v) is 5.27. The Morgan fingerprint density at radius 1 is 1.40 bits per heavy atom. The van der Waals surface area contributed by atoms with Crippen molar-refractivity contribution in [3.63, 3.8) is 0 Å². The van der Waals surface area contributed by atoms with E-state index in [1.54, 1.807) is 6.07 Å². The second-order valence-electron chi connectivity index (χ2n) is 3.68. The molecule has 1 aromatic carbocycles. The highest BCUT2D eigenvalue weighted by molar-refractivity contribution is 5.88. The highest BCUT2D eigenvalue weighted by Crippen LogP contribution is 2.17. The van der Waals surface area contributed by atoms with Crippen LogP contribution in [0.15, 0.2) is 18.2 Å². The molecular weight excluding hydrogens is 190 g/mol. The molecule has 0 amide bonds. The number of carboxylic acid groups (broad SMARTS) is 1. The molecule has 0 saturated carbocycles. The summed E-state index contributed by atoms with van der Waals surface area (Å²) in [6, 6.07) is 4.96. The van der Waals surface area contributed by atoms with Gasteiger partial charge in [-0.2, -0.15) is 0 Å². The first-order valence-electron chi connectivity index (χ1n) is 5.27. The topological polar surface area (TPSA) is 63.3 Å². The fraction of sp³-hybridized carbons (Fsp3) is 0.417. The van der Waals surface area contributed by atoms with Crippen molar-refractivity contribution in [1.29, 1.82) is 0 Å². The number of anilines is 1. The van der Waals surface area contributed by atoms with Gasteiger partial charge in [-0.05, 0) is 30.5 Å². The number of rotatable bonds is 5. The maximum absolute atomic E-state index is 10.7. The van der Waals surface area contributed by atoms with Crippen molar-refractivity contribution in [2.45, 2.75) is 32.6 Å². The standard InChI is InChI=1S/C12H17NO2/c1-2-3-4-5-9-6-7-10(12(14)15)8-11(9)13/h6-8H,2-5,13H2,1H3,(H,14,15). The Labute approximate surface area is 89.9 Å². The number of unbranched alkanes of at least 4 members (excludes halogenated alkanes) is 2. The van der Waals surface area contributed by atoms with Crippen molar-refractivity contribution in [3.05, 3.63) is 29.3 Å². The molecule has 0 heterocycles. The number of nitrogen functional groups attached to an aromatic ring is 1. The zero-order valence-electron chi connectivity index (χ0n) is 8.99. The first-order chi connectivity index (χ1) is 7.15. The minimum absolute atomic E-state index is 0.256. The summed E-state index contributed by atoms with van der Waals surface area (Å²) in [6.07, 6.45) is 4.39. The third-order valence-electron chi connectivity index (χ3n) is 2.44. The maximum atomic E-state index is 10.7. The van der Waals surface area contributed by atoms with Crippen LogP contribution in [0.4, 0.5) is 5.69 Å². The van der Waals surface area contributed by atoms with Crippen LogP contribution in [0, 0.1) is 0 Å². The fourth-order valence-electron chi connectivity index (χ4n) is 1.52. The summed E-state index contributed by atoms with van der Waals surface area (Å²) in [5.41, 5.74) is 7.67. The van der Waals surface area contributed by atoms with Gasteiger partial charge in [-0.1, -0.05) is 25.8 Å². The molecule has 3 heteroatoms. The molecule has 0 spiro atoms. The van der Waals surface area contributed by atoms with E-state index < -0.39 is 5.97 Å². The Hall–Kier alpha value is -1.51. The second-order valence-corrected chi connectivity index (χ2v) is 3.68. The van der Waals surface area contributed by atoms with Gasteiger partial charge in [-0.3, -0.25) is 0 Å². The van der Waals surface area contributed by atoms with Gasteiger partial charge in [0.2, 0.25) is 0 Å². The zero-order valence-corrected chi connectivity index (χ0v) is 8.99. The Morgan fingerprint density at radius 2 is 2.13 bits per heavy atom. The van der Waals surface area contributed by atoms with Crippen LogP contribution in [0.25, 0.3) is 0 Å². The molecule has 0 aliphatic rings. The van der Waals surface area contributed by atoms with Gasteiger partial charge < -0.3 is 10.8 Å². The molecule has 0 unspecified atom stereocenters. The Balaban J connectivity index is 2.70. The molecule has 0 saturated heterocycles. The Morgan fingerprint density at radius 3 is 2.67 bits per heavy atom. The van der Waals surface area contributed by atoms with E-state index in [1.807, 2.05) is 6.07 Å². The number of carbonyl (C=O) groups is 1. The fourth-order valence-corrected chi connectivity index (χ4v) is 1.52. The predicted molar refractivity (Wildman–Crippen MR) is 61.0 cm³/mol. The van der Waals surface area contributed by atoms with Crippen LogP contribution in [0.1, 0.15) is 42.1 Å². The van der Waals surface area contributed by atoms with E-state index in [-0.39, 0.29) is 5.56 Å². The molecule has 0 atom stereocenters. The van der Waals surface area contributed by atoms with Crippen molar-refractivity contribution in [2.24, 2.45) is 0 Å². The van der Waals surface area contributed by atoms with Crippen molar-refractivity contribution in [2.75, 3.05) is 5.73 Å². The summed E-state index contributed by atoms with van der Waals surface area (Å²) in [4.78, 5) is 10.7. The van der Waals surface area contributed by atoms with Gasteiger partial charge in [0.15, 0.2) is 0 Å². The number of aromatic carboxylic acids is 1. The van der Waals surface area contributed by atoms with Gasteiger partial charge in [0.1, 0.15) is 0 Å². The molecule has 0 aliphatic heterocycles. The van der Waals surface area contributed by atoms with E-state index >= 15 is 0 Å². The highest BCUT2D eigenvalue weighted by atomic mass is 16.4. The molecular formula is C12H17NO2. The van der Waals surface area contributed by atoms with Crippen LogP contribution >= 0.6 is 0 Å². The van der Waals surface area contributed by atoms with Gasteiger partial charge in [0, 0.05) is 5.69 Å². The number of benzene rings is 1. The number of hydrogen-bond donors (Lipinski definition) is 2. The lowest BCUT2D eigenvalue weighted by Crippen LogP contribution is -2.01. The Kier molecular flexibility index (Phi) is 4.16. The number of aryl methyl sites for hydroxylation is 1. The van der Waals surface area contributed by atoms with Crippen molar-refractivity contribution >= 4 is 11.7 Å². The number of nitrogens with two attached hydrogens (primary N) is 1. The van der Waals surface area contributed by atoms with Gasteiger partial charge >= 0.3 is 5.97 Å². The maximum Gasteiger partial charge on any atom is 0.335 e. The molecule has 82 valence electrons. The number of carboxylic acids is 1. The molecule has 0 aromatic heterocycles. The quantitative estimate of drug-likeness (QED) is 0.576. The van der Waals surface area contributed by atoms with Crippen LogP contribution in [0.5, 0.6) is 0 Å². The minimum Gasteiger partial charge on any atom is -0.478 e. The van der Waals surface area contributed by atoms with Gasteiger partial charge in [0.25, 0.3) is 0 Å². The third-order valence-corrected chi connectivity index (χ3v) is 2.44. The molecule has 0 fully saturated rings. The van der Waals surface area contributed by atoms with Gasteiger partial charge in [-0.25, -0.2) is 4.79 Å². The minimum atomic E-state index is -0.929. The van der Waals surface area contributed by atoms with Gasteiger partial charge in [0.05, 0.1) is 5.56 Å². The zero-order chi connectivity index (χ0) is 11.3. The first kappa shape index (κ1) is 11.6. The highest BCUT2D eigenvalue weighted by Gasteiger charge is 2.05. The average Bonchev–Trinajstić information content (AvgIpc) is 2.20. The summed E-state index contributed by atoms with van der Waals surface area (Å²) in [7, 11) is 0. The molecule has 0 aliphatic carbocycles. The van der Waals surface area contributed by atoms with E-state index in [0.717, 1.165) is 18.4 Å². The van der Waals surface area contributed by atoms with Crippen LogP contribution in [-0.4, -0.2) is 11.1 Å². The SMILES string of the molecule is CCCCCc1ccc(C(=O)O)cc1N. The van der Waals surface area contributed by atoms with E-state index in [2.05, 4.69) is 6.92 Å². The second kappa shape index (κ2) is 5.39. The molecule has 15 heavy (non-hydrogen) atoms. The smallest absolute Gasteiger partial charge is 0.335 e. The predicted octanol–water partition coefficient (Wildman–Crippen LogP) is 2.70. The van der Waals surface area contributed by atoms with Crippen LogP contribution in [0.3, 0.4) is 0 Å². The average molecular weight is 207 g/mol. The molecule has 3 nitrogen and oxygen atoms in total. The third kappa shape index (κ3) is 3.27. The van der Waals surface area contributed by atoms with E-state index in [0.29, 0.717) is 5.69 Å². The molecule has 0 bridgehead atoms. The summed E-state index contributed by atoms with van der Waals surface area (Å²) in [5.74, 6) is -0.929. The van der Waals surface area contributed by atoms with Crippen molar-refractivity contribution in [1.82, 2.24) is 0 Å². The van der Waals surface area contributed by atoms with Crippen LogP contribution < -0.4 is 5.73 Å². The van der Waals surface area contributed by atoms with Crippen molar-refractivity contribution < 1.29 is 9.90 Å². The Bertz CT molecular complexity index is 347. The molecule has 1 rings (SSSR count). The largest absolute Gasteiger partial charge is 0.478 e. The summed E-state index contributed by atoms with van der Waals surface area (Å²) in [6.45, 7) is 2.15. The molecule has 0 radical (unpaired) electrons. The normalized spacial score (nSPS) is 10.2. The molecule has 1 aromatic rings. The lowest BCUT2D eigenvalue weighted by molar-refractivity contribution is 0.0697. The monoisotopic (exact) mass is 207 g/mol. The van der Waals surface area contributed by atoms with E-state index in [9.17, 15) is 4.79 Å². The summed E-state index contributed by atoms with van der Waals surface area (Å²) < 4.78 is 0. The van der Waals surface area contributed by atoms with E-state index in [1.165, 1.54) is 18.9 Å². The van der Waals surface area contributed by atoms with Gasteiger partial charge in [-0.15, -0.1) is 0 Å². The van der Waals surface area contributed by atoms with E-state index in [4.69, 9.17) is 10.8 Å². The summed E-state index contributed by atoms with van der Waals surface area (Å²) >= 11 is 0. The summed E-state index contributed by atoms with van der Waals surface area (Å²) in [5, 5.41) is 8.76. The van der Waals surface area contributed by atoms with Crippen LogP contribution in [-0.2, 0) is 6.42 Å². The number of hydrogen-bond acceptors (Lipinski definition) is 2. The lowest BCUT2D eigenvalue weighted by Gasteiger charge is -2.05.